The van der Waals surface area contributed by atoms with Crippen molar-refractivity contribution in [3.05, 3.63) is 29.2 Å². The summed E-state index contributed by atoms with van der Waals surface area (Å²) in [5.41, 5.74) is 3.04. The second-order valence-corrected chi connectivity index (χ2v) is 9.43. The Hall–Kier alpha value is -2.45. The molecule has 3 aliphatic rings. The van der Waals surface area contributed by atoms with Gasteiger partial charge in [0.2, 0.25) is 11.8 Å². The van der Waals surface area contributed by atoms with E-state index in [1.165, 1.54) is 5.69 Å². The Morgan fingerprint density at radius 3 is 2.75 bits per heavy atom. The first-order chi connectivity index (χ1) is 15.6. The Labute approximate surface area is 192 Å². The summed E-state index contributed by atoms with van der Waals surface area (Å²) in [4.78, 5) is 29.5. The van der Waals surface area contributed by atoms with Crippen molar-refractivity contribution in [1.82, 2.24) is 20.1 Å². The SMILES string of the molecule is O=C(N[C@@H]1CCC[C@H](C(=O)Nc2cc(-c3cnn4c3CCCC4)c(Cl)cn2)C1)C1COC1. The molecule has 2 atom stereocenters. The predicted molar refractivity (Wildman–Crippen MR) is 120 cm³/mol. The third-order valence-electron chi connectivity index (χ3n) is 6.78. The van der Waals surface area contributed by atoms with Crippen molar-refractivity contribution in [1.29, 1.82) is 0 Å². The van der Waals surface area contributed by atoms with E-state index in [-0.39, 0.29) is 29.7 Å². The third kappa shape index (κ3) is 4.38. The Kier molecular flexibility index (Phi) is 6.15. The van der Waals surface area contributed by atoms with E-state index < -0.39 is 0 Å². The summed E-state index contributed by atoms with van der Waals surface area (Å²) >= 11 is 6.46. The highest BCUT2D eigenvalue weighted by atomic mass is 35.5. The number of halogens is 1. The van der Waals surface area contributed by atoms with Gasteiger partial charge in [-0.25, -0.2) is 4.98 Å². The van der Waals surface area contributed by atoms with Crippen LogP contribution in [0.5, 0.6) is 0 Å². The van der Waals surface area contributed by atoms with Gasteiger partial charge in [0.15, 0.2) is 0 Å². The van der Waals surface area contributed by atoms with E-state index in [4.69, 9.17) is 16.3 Å². The summed E-state index contributed by atoms with van der Waals surface area (Å²) in [5.74, 6) is 0.263. The smallest absolute Gasteiger partial charge is 0.228 e. The van der Waals surface area contributed by atoms with Crippen LogP contribution in [0.4, 0.5) is 5.82 Å². The highest BCUT2D eigenvalue weighted by Gasteiger charge is 2.32. The third-order valence-corrected chi connectivity index (χ3v) is 7.08. The summed E-state index contributed by atoms with van der Waals surface area (Å²) in [6.07, 6.45) is 9.95. The zero-order valence-corrected chi connectivity index (χ0v) is 18.7. The molecule has 4 heterocycles. The van der Waals surface area contributed by atoms with E-state index >= 15 is 0 Å². The number of aromatic nitrogens is 3. The number of nitrogens with zero attached hydrogens (tertiary/aromatic N) is 3. The number of nitrogens with one attached hydrogen (secondary N) is 2. The summed E-state index contributed by atoms with van der Waals surface area (Å²) in [7, 11) is 0. The summed E-state index contributed by atoms with van der Waals surface area (Å²) < 4.78 is 7.14. The van der Waals surface area contributed by atoms with Crippen molar-refractivity contribution in [2.45, 2.75) is 57.5 Å². The normalized spacial score (nSPS) is 23.2. The van der Waals surface area contributed by atoms with Gasteiger partial charge in [-0.1, -0.05) is 18.0 Å². The number of carbonyl (C=O) groups is 2. The van der Waals surface area contributed by atoms with Gasteiger partial charge < -0.3 is 15.4 Å². The van der Waals surface area contributed by atoms with Crippen LogP contribution >= 0.6 is 11.6 Å². The standard InChI is InChI=1S/C23H28ClN5O3/c24-19-11-25-21(9-17(19)18-10-26-29-7-2-1-6-20(18)29)28-22(30)14-4-3-5-16(8-14)27-23(31)15-12-32-13-15/h9-11,14-16H,1-8,12-13H2,(H,27,31)(H,25,28,30)/t14-,16+/m0/s1. The number of hydrogen-bond donors (Lipinski definition) is 2. The fraction of sp³-hybridized carbons (Fsp3) is 0.565. The van der Waals surface area contributed by atoms with E-state index in [2.05, 4.69) is 20.7 Å². The molecule has 2 aliphatic heterocycles. The molecule has 1 saturated heterocycles. The zero-order valence-electron chi connectivity index (χ0n) is 18.0. The number of hydrogen-bond acceptors (Lipinski definition) is 5. The number of aryl methyl sites for hydroxylation is 1. The fourth-order valence-corrected chi connectivity index (χ4v) is 5.06. The molecule has 2 N–H and O–H groups in total. The molecule has 5 rings (SSSR count). The van der Waals surface area contributed by atoms with Crippen LogP contribution in [0.1, 0.15) is 44.2 Å². The summed E-state index contributed by atoms with van der Waals surface area (Å²) in [6, 6.07) is 1.87. The molecule has 0 unspecified atom stereocenters. The number of ether oxygens (including phenoxy) is 1. The maximum atomic E-state index is 13.0. The van der Waals surface area contributed by atoms with E-state index in [1.54, 1.807) is 6.20 Å². The number of amides is 2. The van der Waals surface area contributed by atoms with Gasteiger partial charge in [0.05, 0.1) is 30.4 Å². The molecule has 2 aromatic rings. The lowest BCUT2D eigenvalue weighted by Gasteiger charge is -2.32. The first kappa shape index (κ1) is 21.4. The van der Waals surface area contributed by atoms with Crippen molar-refractivity contribution < 1.29 is 14.3 Å². The lowest BCUT2D eigenvalue weighted by molar-refractivity contribution is -0.140. The van der Waals surface area contributed by atoms with Gasteiger partial charge in [0, 0.05) is 41.5 Å². The Bertz CT molecular complexity index is 1020. The van der Waals surface area contributed by atoms with Gasteiger partial charge in [-0.05, 0) is 44.6 Å². The minimum atomic E-state index is -0.156. The summed E-state index contributed by atoms with van der Waals surface area (Å²) in [6.45, 7) is 1.91. The van der Waals surface area contributed by atoms with Gasteiger partial charge in [0.25, 0.3) is 0 Å². The quantitative estimate of drug-likeness (QED) is 0.718. The Morgan fingerprint density at radius 2 is 1.94 bits per heavy atom. The lowest BCUT2D eigenvalue weighted by atomic mass is 9.84. The molecule has 2 amide bonds. The molecule has 170 valence electrons. The molecule has 0 bridgehead atoms. The minimum absolute atomic E-state index is 0.0280. The van der Waals surface area contributed by atoms with Crippen LogP contribution in [-0.4, -0.2) is 45.8 Å². The van der Waals surface area contributed by atoms with Crippen LogP contribution in [0.2, 0.25) is 5.02 Å². The van der Waals surface area contributed by atoms with E-state index in [0.717, 1.165) is 56.2 Å². The topological polar surface area (TPSA) is 98.1 Å². The molecular weight excluding hydrogens is 430 g/mol. The number of rotatable bonds is 5. The number of pyridine rings is 1. The van der Waals surface area contributed by atoms with Crippen molar-refractivity contribution in [2.24, 2.45) is 11.8 Å². The Morgan fingerprint density at radius 1 is 1.06 bits per heavy atom. The molecule has 32 heavy (non-hydrogen) atoms. The van der Waals surface area contributed by atoms with Gasteiger partial charge in [-0.15, -0.1) is 0 Å². The molecule has 8 nitrogen and oxygen atoms in total. The zero-order chi connectivity index (χ0) is 22.1. The van der Waals surface area contributed by atoms with Crippen LogP contribution in [0.25, 0.3) is 11.1 Å². The van der Waals surface area contributed by atoms with Crippen LogP contribution < -0.4 is 10.6 Å². The molecule has 1 saturated carbocycles. The second kappa shape index (κ2) is 9.19. The average molecular weight is 458 g/mol. The number of fused-ring (bicyclic) bond motifs is 1. The Balaban J connectivity index is 1.26. The van der Waals surface area contributed by atoms with E-state index in [9.17, 15) is 9.59 Å². The maximum Gasteiger partial charge on any atom is 0.228 e. The molecule has 1 aliphatic carbocycles. The minimum Gasteiger partial charge on any atom is -0.380 e. The predicted octanol–water partition coefficient (Wildman–Crippen LogP) is 3.19. The second-order valence-electron chi connectivity index (χ2n) is 9.03. The molecule has 0 radical (unpaired) electrons. The molecule has 9 heteroatoms. The fourth-order valence-electron chi connectivity index (χ4n) is 4.85. The van der Waals surface area contributed by atoms with Crippen molar-refractivity contribution in [2.75, 3.05) is 18.5 Å². The highest BCUT2D eigenvalue weighted by Crippen LogP contribution is 2.34. The van der Waals surface area contributed by atoms with Crippen LogP contribution in [0, 0.1) is 11.8 Å². The molecule has 2 aromatic heterocycles. The average Bonchev–Trinajstić information content (AvgIpc) is 3.18. The van der Waals surface area contributed by atoms with Crippen LogP contribution in [0.15, 0.2) is 18.5 Å². The van der Waals surface area contributed by atoms with Gasteiger partial charge >= 0.3 is 0 Å². The number of carbonyl (C=O) groups excluding carboxylic acids is 2. The van der Waals surface area contributed by atoms with Gasteiger partial charge in [-0.2, -0.15) is 5.10 Å². The molecule has 0 spiro atoms. The monoisotopic (exact) mass is 457 g/mol. The molecular formula is C23H28ClN5O3. The van der Waals surface area contributed by atoms with Gasteiger partial charge in [0.1, 0.15) is 5.82 Å². The first-order valence-electron chi connectivity index (χ1n) is 11.5. The summed E-state index contributed by atoms with van der Waals surface area (Å²) in [5, 5.41) is 11.1. The van der Waals surface area contributed by atoms with Crippen molar-refractivity contribution >= 4 is 29.2 Å². The van der Waals surface area contributed by atoms with Crippen LogP contribution in [0.3, 0.4) is 0 Å². The highest BCUT2D eigenvalue weighted by molar-refractivity contribution is 6.33. The van der Waals surface area contributed by atoms with Crippen molar-refractivity contribution in [3.8, 4) is 11.1 Å². The van der Waals surface area contributed by atoms with Gasteiger partial charge in [-0.3, -0.25) is 14.3 Å². The van der Waals surface area contributed by atoms with E-state index in [1.807, 2.05) is 16.9 Å². The first-order valence-corrected chi connectivity index (χ1v) is 11.9. The largest absolute Gasteiger partial charge is 0.380 e. The van der Waals surface area contributed by atoms with Crippen LogP contribution in [-0.2, 0) is 27.3 Å². The molecule has 2 fully saturated rings. The van der Waals surface area contributed by atoms with Crippen molar-refractivity contribution in [3.63, 3.8) is 0 Å². The lowest BCUT2D eigenvalue weighted by Crippen LogP contribution is -2.48. The van der Waals surface area contributed by atoms with E-state index in [0.29, 0.717) is 30.5 Å². The maximum absolute atomic E-state index is 13.0. The number of anilines is 1. The molecule has 0 aromatic carbocycles.